The summed E-state index contributed by atoms with van der Waals surface area (Å²) in [5.41, 5.74) is 0. The van der Waals surface area contributed by atoms with Crippen molar-refractivity contribution >= 4 is 0 Å². The first kappa shape index (κ1) is 14.9. The second-order valence-electron chi connectivity index (χ2n) is 4.68. The molecule has 0 spiro atoms. The van der Waals surface area contributed by atoms with E-state index in [1.807, 2.05) is 13.8 Å². The molecule has 0 fully saturated rings. The maximum atomic E-state index is 13.1. The maximum absolute atomic E-state index is 13.1. The van der Waals surface area contributed by atoms with Crippen molar-refractivity contribution in [1.82, 2.24) is 5.32 Å². The maximum Gasteiger partial charge on any atom is 0.162 e. The Labute approximate surface area is 107 Å². The lowest BCUT2D eigenvalue weighted by atomic mass is 10.1. The summed E-state index contributed by atoms with van der Waals surface area (Å²) in [4.78, 5) is 0. The highest BCUT2D eigenvalue weighted by Gasteiger charge is 2.15. The Morgan fingerprint density at radius 2 is 1.94 bits per heavy atom. The number of hydrogen-bond donors (Lipinski definition) is 1. The molecule has 0 bridgehead atoms. The Kier molecular flexibility index (Phi) is 6.05. The lowest BCUT2D eigenvalue weighted by Crippen LogP contribution is -2.35. The molecule has 1 atom stereocenters. The standard InChI is InChI=1S/C14H21F2NO/c1-4-7-17-9-14(10(2)3)18-11-5-6-12(15)13(16)8-11/h5-6,8,10,14,17H,4,7,9H2,1-3H3. The zero-order chi connectivity index (χ0) is 13.5. The van der Waals surface area contributed by atoms with E-state index in [2.05, 4.69) is 12.2 Å². The van der Waals surface area contributed by atoms with Gasteiger partial charge in [-0.05, 0) is 31.0 Å². The molecule has 102 valence electrons. The van der Waals surface area contributed by atoms with E-state index < -0.39 is 11.6 Å². The molecule has 0 aliphatic rings. The molecule has 1 aromatic carbocycles. The first-order valence-corrected chi connectivity index (χ1v) is 6.37. The molecule has 18 heavy (non-hydrogen) atoms. The van der Waals surface area contributed by atoms with Crippen molar-refractivity contribution in [2.75, 3.05) is 13.1 Å². The van der Waals surface area contributed by atoms with E-state index in [-0.39, 0.29) is 6.10 Å². The van der Waals surface area contributed by atoms with Crippen LogP contribution in [0.4, 0.5) is 8.78 Å². The van der Waals surface area contributed by atoms with E-state index in [0.29, 0.717) is 18.2 Å². The van der Waals surface area contributed by atoms with Gasteiger partial charge in [-0.25, -0.2) is 8.78 Å². The molecule has 1 N–H and O–H groups in total. The fraction of sp³-hybridized carbons (Fsp3) is 0.571. The fourth-order valence-corrected chi connectivity index (χ4v) is 1.56. The van der Waals surface area contributed by atoms with Crippen molar-refractivity contribution in [3.05, 3.63) is 29.8 Å². The monoisotopic (exact) mass is 257 g/mol. The molecule has 0 radical (unpaired) electrons. The number of ether oxygens (including phenoxy) is 1. The molecule has 0 amide bonds. The first-order chi connectivity index (χ1) is 8.54. The SMILES string of the molecule is CCCNCC(Oc1ccc(F)c(F)c1)C(C)C. The van der Waals surface area contributed by atoms with Crippen LogP contribution in [-0.4, -0.2) is 19.2 Å². The third kappa shape index (κ3) is 4.61. The zero-order valence-electron chi connectivity index (χ0n) is 11.2. The molecule has 0 aromatic heterocycles. The van der Waals surface area contributed by atoms with E-state index in [0.717, 1.165) is 25.1 Å². The van der Waals surface area contributed by atoms with Gasteiger partial charge in [0, 0.05) is 12.6 Å². The summed E-state index contributed by atoms with van der Waals surface area (Å²) in [7, 11) is 0. The Bertz CT molecular complexity index is 369. The highest BCUT2D eigenvalue weighted by Crippen LogP contribution is 2.18. The van der Waals surface area contributed by atoms with E-state index in [9.17, 15) is 8.78 Å². The second kappa shape index (κ2) is 7.31. The van der Waals surface area contributed by atoms with E-state index in [4.69, 9.17) is 4.74 Å². The van der Waals surface area contributed by atoms with E-state index in [1.165, 1.54) is 6.07 Å². The Morgan fingerprint density at radius 3 is 2.50 bits per heavy atom. The molecule has 1 rings (SSSR count). The molecular weight excluding hydrogens is 236 g/mol. The Hall–Kier alpha value is -1.16. The van der Waals surface area contributed by atoms with Gasteiger partial charge < -0.3 is 10.1 Å². The van der Waals surface area contributed by atoms with Crippen molar-refractivity contribution in [2.24, 2.45) is 5.92 Å². The molecule has 0 saturated heterocycles. The van der Waals surface area contributed by atoms with Gasteiger partial charge in [-0.15, -0.1) is 0 Å². The molecule has 0 heterocycles. The molecule has 1 unspecified atom stereocenters. The van der Waals surface area contributed by atoms with Crippen molar-refractivity contribution in [1.29, 1.82) is 0 Å². The number of hydrogen-bond acceptors (Lipinski definition) is 2. The molecule has 1 aromatic rings. The van der Waals surface area contributed by atoms with Crippen LogP contribution in [0.2, 0.25) is 0 Å². The molecule has 4 heteroatoms. The third-order valence-corrected chi connectivity index (χ3v) is 2.69. The van der Waals surface area contributed by atoms with Crippen molar-refractivity contribution < 1.29 is 13.5 Å². The second-order valence-corrected chi connectivity index (χ2v) is 4.68. The van der Waals surface area contributed by atoms with Gasteiger partial charge in [-0.2, -0.15) is 0 Å². The van der Waals surface area contributed by atoms with Crippen LogP contribution in [0.25, 0.3) is 0 Å². The summed E-state index contributed by atoms with van der Waals surface area (Å²) < 4.78 is 31.6. The van der Waals surface area contributed by atoms with Gasteiger partial charge in [0.05, 0.1) is 0 Å². The first-order valence-electron chi connectivity index (χ1n) is 6.37. The predicted molar refractivity (Wildman–Crippen MR) is 68.8 cm³/mol. The summed E-state index contributed by atoms with van der Waals surface area (Å²) in [5, 5.41) is 3.27. The van der Waals surface area contributed by atoms with Gasteiger partial charge in [0.25, 0.3) is 0 Å². The summed E-state index contributed by atoms with van der Waals surface area (Å²) in [6.07, 6.45) is 0.997. The summed E-state index contributed by atoms with van der Waals surface area (Å²) >= 11 is 0. The summed E-state index contributed by atoms with van der Waals surface area (Å²) in [5.74, 6) is -1.07. The van der Waals surface area contributed by atoms with Gasteiger partial charge in [0.15, 0.2) is 11.6 Å². The van der Waals surface area contributed by atoms with Crippen molar-refractivity contribution in [2.45, 2.75) is 33.3 Å². The molecule has 0 aliphatic heterocycles. The van der Waals surface area contributed by atoms with E-state index >= 15 is 0 Å². The smallest absolute Gasteiger partial charge is 0.162 e. The lowest BCUT2D eigenvalue weighted by Gasteiger charge is -2.23. The molecule has 0 saturated carbocycles. The van der Waals surface area contributed by atoms with Crippen LogP contribution in [0.15, 0.2) is 18.2 Å². The molecule has 2 nitrogen and oxygen atoms in total. The van der Waals surface area contributed by atoms with Crippen LogP contribution in [0.3, 0.4) is 0 Å². The predicted octanol–water partition coefficient (Wildman–Crippen LogP) is 3.37. The van der Waals surface area contributed by atoms with Crippen LogP contribution in [0.1, 0.15) is 27.2 Å². The number of nitrogens with one attached hydrogen (secondary N) is 1. The van der Waals surface area contributed by atoms with Gasteiger partial charge in [-0.3, -0.25) is 0 Å². The van der Waals surface area contributed by atoms with Gasteiger partial charge >= 0.3 is 0 Å². The van der Waals surface area contributed by atoms with Crippen LogP contribution in [-0.2, 0) is 0 Å². The van der Waals surface area contributed by atoms with Crippen LogP contribution in [0, 0.1) is 17.6 Å². The fourth-order valence-electron chi connectivity index (χ4n) is 1.56. The number of benzene rings is 1. The van der Waals surface area contributed by atoms with Gasteiger partial charge in [0.2, 0.25) is 0 Å². The zero-order valence-corrected chi connectivity index (χ0v) is 11.2. The lowest BCUT2D eigenvalue weighted by molar-refractivity contribution is 0.148. The minimum atomic E-state index is -0.878. The average molecular weight is 257 g/mol. The summed E-state index contributed by atoms with van der Waals surface area (Å²) in [6.45, 7) is 7.79. The number of rotatable bonds is 7. The largest absolute Gasteiger partial charge is 0.489 e. The Morgan fingerprint density at radius 1 is 1.22 bits per heavy atom. The average Bonchev–Trinajstić information content (AvgIpc) is 2.32. The minimum Gasteiger partial charge on any atom is -0.489 e. The van der Waals surface area contributed by atoms with Crippen LogP contribution in [0.5, 0.6) is 5.75 Å². The third-order valence-electron chi connectivity index (χ3n) is 2.69. The topological polar surface area (TPSA) is 21.3 Å². The van der Waals surface area contributed by atoms with E-state index in [1.54, 1.807) is 0 Å². The van der Waals surface area contributed by atoms with Crippen molar-refractivity contribution in [3.63, 3.8) is 0 Å². The summed E-state index contributed by atoms with van der Waals surface area (Å²) in [6, 6.07) is 3.62. The highest BCUT2D eigenvalue weighted by molar-refractivity contribution is 5.23. The van der Waals surface area contributed by atoms with Crippen LogP contribution >= 0.6 is 0 Å². The molecule has 0 aliphatic carbocycles. The van der Waals surface area contributed by atoms with Crippen molar-refractivity contribution in [3.8, 4) is 5.75 Å². The molecular formula is C14H21F2NO. The van der Waals surface area contributed by atoms with Crippen LogP contribution < -0.4 is 10.1 Å². The minimum absolute atomic E-state index is 0.0542. The Balaban J connectivity index is 2.61. The normalized spacial score (nSPS) is 12.8. The van der Waals surface area contributed by atoms with Gasteiger partial charge in [0.1, 0.15) is 11.9 Å². The quantitative estimate of drug-likeness (QED) is 0.756. The highest BCUT2D eigenvalue weighted by atomic mass is 19.2. The number of halogens is 2. The van der Waals surface area contributed by atoms with Gasteiger partial charge in [-0.1, -0.05) is 20.8 Å².